The summed E-state index contributed by atoms with van der Waals surface area (Å²) in [6.07, 6.45) is 2.15. The van der Waals surface area contributed by atoms with Crippen LogP contribution in [0.25, 0.3) is 0 Å². The standard InChI is InChI=1S/C11H14FNO/c1-2-3-9-7-14-11-5-4-8(12)6-10(11)13-9/h4-6,9,13H,2-3,7H2,1H3. The van der Waals surface area contributed by atoms with Gasteiger partial charge < -0.3 is 10.1 Å². The molecule has 0 radical (unpaired) electrons. The van der Waals surface area contributed by atoms with Gasteiger partial charge >= 0.3 is 0 Å². The van der Waals surface area contributed by atoms with Crippen molar-refractivity contribution in [1.82, 2.24) is 0 Å². The first kappa shape index (κ1) is 9.31. The van der Waals surface area contributed by atoms with Gasteiger partial charge in [-0.1, -0.05) is 13.3 Å². The third-order valence-corrected chi connectivity index (χ3v) is 2.38. The van der Waals surface area contributed by atoms with Gasteiger partial charge in [-0.25, -0.2) is 4.39 Å². The Bertz CT molecular complexity index is 327. The van der Waals surface area contributed by atoms with Crippen LogP contribution >= 0.6 is 0 Å². The van der Waals surface area contributed by atoms with Crippen LogP contribution in [-0.4, -0.2) is 12.6 Å². The maximum Gasteiger partial charge on any atom is 0.142 e. The number of hydrogen-bond donors (Lipinski definition) is 1. The van der Waals surface area contributed by atoms with E-state index in [1.54, 1.807) is 6.07 Å². The van der Waals surface area contributed by atoms with Gasteiger partial charge in [-0.3, -0.25) is 0 Å². The highest BCUT2D eigenvalue weighted by atomic mass is 19.1. The number of benzene rings is 1. The molecule has 1 heterocycles. The van der Waals surface area contributed by atoms with Crippen molar-refractivity contribution >= 4 is 5.69 Å². The summed E-state index contributed by atoms with van der Waals surface area (Å²) in [5.74, 6) is 0.524. The first-order valence-corrected chi connectivity index (χ1v) is 4.98. The molecule has 0 saturated carbocycles. The zero-order valence-electron chi connectivity index (χ0n) is 8.22. The Morgan fingerprint density at radius 2 is 2.43 bits per heavy atom. The van der Waals surface area contributed by atoms with Crippen molar-refractivity contribution < 1.29 is 9.13 Å². The lowest BCUT2D eigenvalue weighted by Gasteiger charge is -2.27. The molecule has 1 atom stereocenters. The largest absolute Gasteiger partial charge is 0.489 e. The molecule has 0 spiro atoms. The fourth-order valence-electron chi connectivity index (χ4n) is 1.70. The van der Waals surface area contributed by atoms with Gasteiger partial charge in [0.1, 0.15) is 18.2 Å². The molecule has 1 aliphatic rings. The summed E-state index contributed by atoms with van der Waals surface area (Å²) in [7, 11) is 0. The van der Waals surface area contributed by atoms with Crippen molar-refractivity contribution in [3.63, 3.8) is 0 Å². The minimum absolute atomic E-state index is 0.225. The Morgan fingerprint density at radius 3 is 3.21 bits per heavy atom. The van der Waals surface area contributed by atoms with E-state index in [0.717, 1.165) is 24.3 Å². The van der Waals surface area contributed by atoms with Gasteiger partial charge in [0, 0.05) is 6.07 Å². The van der Waals surface area contributed by atoms with Crippen molar-refractivity contribution in [2.24, 2.45) is 0 Å². The number of nitrogens with one attached hydrogen (secondary N) is 1. The van der Waals surface area contributed by atoms with E-state index in [9.17, 15) is 4.39 Å². The lowest BCUT2D eigenvalue weighted by atomic mass is 10.1. The Morgan fingerprint density at radius 1 is 1.57 bits per heavy atom. The SMILES string of the molecule is CCCC1COc2ccc(F)cc2N1. The summed E-state index contributed by atoms with van der Waals surface area (Å²) >= 11 is 0. The smallest absolute Gasteiger partial charge is 0.142 e. The Kier molecular flexibility index (Phi) is 2.57. The van der Waals surface area contributed by atoms with E-state index in [1.807, 2.05) is 0 Å². The molecule has 76 valence electrons. The number of halogens is 1. The maximum absolute atomic E-state index is 12.9. The quantitative estimate of drug-likeness (QED) is 0.783. The van der Waals surface area contributed by atoms with Crippen LogP contribution in [-0.2, 0) is 0 Å². The zero-order valence-corrected chi connectivity index (χ0v) is 8.22. The van der Waals surface area contributed by atoms with Crippen LogP contribution in [0.1, 0.15) is 19.8 Å². The predicted octanol–water partition coefficient (Wildman–Crippen LogP) is 2.80. The second-order valence-electron chi connectivity index (χ2n) is 3.58. The molecule has 2 rings (SSSR count). The first-order chi connectivity index (χ1) is 6.79. The van der Waals surface area contributed by atoms with Crippen LogP contribution in [0, 0.1) is 5.82 Å². The third kappa shape index (κ3) is 1.81. The predicted molar refractivity (Wildman–Crippen MR) is 54.2 cm³/mol. The second kappa shape index (κ2) is 3.86. The molecule has 1 aromatic carbocycles. The van der Waals surface area contributed by atoms with E-state index >= 15 is 0 Å². The molecule has 0 aromatic heterocycles. The first-order valence-electron chi connectivity index (χ1n) is 4.98. The second-order valence-corrected chi connectivity index (χ2v) is 3.58. The van der Waals surface area contributed by atoms with Crippen LogP contribution in [0.3, 0.4) is 0 Å². The molecular weight excluding hydrogens is 181 g/mol. The molecule has 0 aliphatic carbocycles. The monoisotopic (exact) mass is 195 g/mol. The van der Waals surface area contributed by atoms with Crippen molar-refractivity contribution in [1.29, 1.82) is 0 Å². The highest BCUT2D eigenvalue weighted by molar-refractivity contribution is 5.58. The Hall–Kier alpha value is -1.25. The summed E-state index contributed by atoms with van der Waals surface area (Å²) in [5.41, 5.74) is 0.773. The molecule has 14 heavy (non-hydrogen) atoms. The summed E-state index contributed by atoms with van der Waals surface area (Å²) in [5, 5.41) is 3.27. The molecule has 1 aliphatic heterocycles. The molecule has 0 amide bonds. The highest BCUT2D eigenvalue weighted by Gasteiger charge is 2.17. The van der Waals surface area contributed by atoms with Crippen molar-refractivity contribution in [3.05, 3.63) is 24.0 Å². The van der Waals surface area contributed by atoms with Crippen LogP contribution in [0.2, 0.25) is 0 Å². The van der Waals surface area contributed by atoms with E-state index < -0.39 is 0 Å². The lowest BCUT2D eigenvalue weighted by Crippen LogP contribution is -2.31. The number of rotatable bonds is 2. The van der Waals surface area contributed by atoms with Crippen molar-refractivity contribution in [2.45, 2.75) is 25.8 Å². The topological polar surface area (TPSA) is 21.3 Å². The highest BCUT2D eigenvalue weighted by Crippen LogP contribution is 2.30. The van der Waals surface area contributed by atoms with Gasteiger partial charge in [0.05, 0.1) is 11.7 Å². The van der Waals surface area contributed by atoms with Crippen LogP contribution in [0.5, 0.6) is 5.75 Å². The number of ether oxygens (including phenoxy) is 1. The van der Waals surface area contributed by atoms with E-state index in [4.69, 9.17) is 4.74 Å². The number of anilines is 1. The van der Waals surface area contributed by atoms with Crippen LogP contribution in [0.15, 0.2) is 18.2 Å². The van der Waals surface area contributed by atoms with Gasteiger partial charge in [0.2, 0.25) is 0 Å². The molecule has 1 aromatic rings. The minimum Gasteiger partial charge on any atom is -0.489 e. The molecule has 3 heteroatoms. The molecule has 2 nitrogen and oxygen atoms in total. The normalized spacial score (nSPS) is 19.4. The van der Waals surface area contributed by atoms with Gasteiger partial charge in [0.25, 0.3) is 0 Å². The van der Waals surface area contributed by atoms with Gasteiger partial charge in [0.15, 0.2) is 0 Å². The Balaban J connectivity index is 2.16. The minimum atomic E-state index is -0.225. The molecule has 0 bridgehead atoms. The molecular formula is C11H14FNO. The van der Waals surface area contributed by atoms with Gasteiger partial charge in [-0.15, -0.1) is 0 Å². The zero-order chi connectivity index (χ0) is 9.97. The molecule has 1 unspecified atom stereocenters. The van der Waals surface area contributed by atoms with E-state index in [-0.39, 0.29) is 5.82 Å². The van der Waals surface area contributed by atoms with Crippen molar-refractivity contribution in [3.8, 4) is 5.75 Å². The third-order valence-electron chi connectivity index (χ3n) is 2.38. The van der Waals surface area contributed by atoms with Crippen molar-refractivity contribution in [2.75, 3.05) is 11.9 Å². The van der Waals surface area contributed by atoms with E-state index in [2.05, 4.69) is 12.2 Å². The number of fused-ring (bicyclic) bond motifs is 1. The Labute approximate surface area is 83.1 Å². The van der Waals surface area contributed by atoms with E-state index in [1.165, 1.54) is 12.1 Å². The van der Waals surface area contributed by atoms with Crippen LogP contribution in [0.4, 0.5) is 10.1 Å². The molecule has 0 saturated heterocycles. The van der Waals surface area contributed by atoms with Crippen LogP contribution < -0.4 is 10.1 Å². The fourth-order valence-corrected chi connectivity index (χ4v) is 1.70. The average Bonchev–Trinajstić information content (AvgIpc) is 2.17. The summed E-state index contributed by atoms with van der Waals surface area (Å²) in [6, 6.07) is 4.88. The summed E-state index contributed by atoms with van der Waals surface area (Å²) < 4.78 is 18.4. The maximum atomic E-state index is 12.9. The summed E-state index contributed by atoms with van der Waals surface area (Å²) in [6.45, 7) is 2.80. The number of hydrogen-bond acceptors (Lipinski definition) is 2. The van der Waals surface area contributed by atoms with Gasteiger partial charge in [-0.05, 0) is 18.6 Å². The van der Waals surface area contributed by atoms with E-state index in [0.29, 0.717) is 12.6 Å². The summed E-state index contributed by atoms with van der Waals surface area (Å²) in [4.78, 5) is 0. The average molecular weight is 195 g/mol. The fraction of sp³-hybridized carbons (Fsp3) is 0.455. The van der Waals surface area contributed by atoms with Gasteiger partial charge in [-0.2, -0.15) is 0 Å². The molecule has 1 N–H and O–H groups in total. The molecule has 0 fully saturated rings. The lowest BCUT2D eigenvalue weighted by molar-refractivity contribution is 0.277.